The standard InChI is InChI=1S/C22H17N3O6/c1-2-14(26)12-30-19-6-4-3-5-15(19)20-10-18(25-31-20)21(27)24-17-8-7-13(11-23)9-16(17)22(28)29/h3-10H,2,12H2,1H3,(H,24,27)(H,28,29). The SMILES string of the molecule is CCC(=O)COc1ccccc1-c1cc(C(=O)Nc2ccc(C#N)cc2C(=O)O)no1. The number of nitrogens with one attached hydrogen (secondary N) is 1. The number of ketones is 1. The highest BCUT2D eigenvalue weighted by Crippen LogP contribution is 2.30. The van der Waals surface area contributed by atoms with E-state index in [0.29, 0.717) is 17.7 Å². The lowest BCUT2D eigenvalue weighted by atomic mass is 10.1. The Hall–Kier alpha value is -4.45. The number of carbonyl (C=O) groups is 3. The van der Waals surface area contributed by atoms with E-state index in [1.807, 2.05) is 6.07 Å². The third kappa shape index (κ3) is 4.94. The summed E-state index contributed by atoms with van der Waals surface area (Å²) in [5.74, 6) is -1.41. The first-order chi connectivity index (χ1) is 14.9. The maximum atomic E-state index is 12.6. The van der Waals surface area contributed by atoms with Crippen LogP contribution in [0.1, 0.15) is 39.8 Å². The van der Waals surface area contributed by atoms with Crippen LogP contribution in [0.15, 0.2) is 53.1 Å². The van der Waals surface area contributed by atoms with Crippen LogP contribution in [-0.2, 0) is 4.79 Å². The molecule has 156 valence electrons. The normalized spacial score (nSPS) is 10.2. The molecule has 3 aromatic rings. The van der Waals surface area contributed by atoms with E-state index in [9.17, 15) is 19.5 Å². The molecule has 9 heteroatoms. The van der Waals surface area contributed by atoms with Crippen molar-refractivity contribution in [2.24, 2.45) is 0 Å². The van der Waals surface area contributed by atoms with Gasteiger partial charge in [-0.3, -0.25) is 9.59 Å². The highest BCUT2D eigenvalue weighted by molar-refractivity contribution is 6.07. The minimum Gasteiger partial charge on any atom is -0.485 e. The summed E-state index contributed by atoms with van der Waals surface area (Å²) in [5.41, 5.74) is 0.355. The van der Waals surface area contributed by atoms with Gasteiger partial charge in [-0.25, -0.2) is 4.79 Å². The first kappa shape index (κ1) is 21.3. The number of aromatic nitrogens is 1. The fourth-order valence-corrected chi connectivity index (χ4v) is 2.65. The number of benzene rings is 2. The van der Waals surface area contributed by atoms with Crippen molar-refractivity contribution in [3.05, 3.63) is 65.4 Å². The molecule has 9 nitrogen and oxygen atoms in total. The Bertz CT molecular complexity index is 1190. The van der Waals surface area contributed by atoms with Crippen molar-refractivity contribution >= 4 is 23.3 Å². The number of carboxylic acid groups (broad SMARTS) is 1. The van der Waals surface area contributed by atoms with Gasteiger partial charge < -0.3 is 19.7 Å². The lowest BCUT2D eigenvalue weighted by molar-refractivity contribution is -0.120. The minimum absolute atomic E-state index is 0.0165. The monoisotopic (exact) mass is 419 g/mol. The summed E-state index contributed by atoms with van der Waals surface area (Å²) in [6.07, 6.45) is 0.350. The summed E-state index contributed by atoms with van der Waals surface area (Å²) >= 11 is 0. The van der Waals surface area contributed by atoms with Crippen molar-refractivity contribution in [2.45, 2.75) is 13.3 Å². The van der Waals surface area contributed by atoms with Crippen molar-refractivity contribution in [1.82, 2.24) is 5.16 Å². The molecule has 0 unspecified atom stereocenters. The highest BCUT2D eigenvalue weighted by atomic mass is 16.5. The number of hydrogen-bond donors (Lipinski definition) is 2. The molecule has 0 aliphatic rings. The van der Waals surface area contributed by atoms with Crippen molar-refractivity contribution < 1.29 is 28.8 Å². The van der Waals surface area contributed by atoms with Gasteiger partial charge in [0.2, 0.25) is 0 Å². The molecule has 0 spiro atoms. The Morgan fingerprint density at radius 2 is 1.97 bits per heavy atom. The summed E-state index contributed by atoms with van der Waals surface area (Å²) < 4.78 is 10.8. The molecule has 0 radical (unpaired) electrons. The van der Waals surface area contributed by atoms with Gasteiger partial charge >= 0.3 is 5.97 Å². The van der Waals surface area contributed by atoms with E-state index in [1.165, 1.54) is 18.2 Å². The number of amides is 1. The molecular formula is C22H17N3O6. The van der Waals surface area contributed by atoms with Crippen LogP contribution in [0.4, 0.5) is 5.69 Å². The summed E-state index contributed by atoms with van der Waals surface area (Å²) in [6.45, 7) is 1.65. The maximum Gasteiger partial charge on any atom is 0.337 e. The van der Waals surface area contributed by atoms with Gasteiger partial charge in [0, 0.05) is 12.5 Å². The number of carboxylic acids is 1. The molecule has 0 fully saturated rings. The molecule has 0 bridgehead atoms. The van der Waals surface area contributed by atoms with Crippen LogP contribution in [0, 0.1) is 11.3 Å². The number of Topliss-reactive ketones (excluding diaryl/α,β-unsaturated/α-hetero) is 1. The zero-order chi connectivity index (χ0) is 22.4. The zero-order valence-corrected chi connectivity index (χ0v) is 16.4. The van der Waals surface area contributed by atoms with Crippen LogP contribution in [0.3, 0.4) is 0 Å². The van der Waals surface area contributed by atoms with Gasteiger partial charge in [0.25, 0.3) is 5.91 Å². The molecule has 1 amide bonds. The molecule has 1 aromatic heterocycles. The second kappa shape index (κ2) is 9.37. The van der Waals surface area contributed by atoms with Gasteiger partial charge in [0.05, 0.1) is 28.4 Å². The Morgan fingerprint density at radius 1 is 1.19 bits per heavy atom. The molecular weight excluding hydrogens is 402 g/mol. The number of nitriles is 1. The summed E-state index contributed by atoms with van der Waals surface area (Å²) in [6, 6.07) is 13.9. The minimum atomic E-state index is -1.29. The highest BCUT2D eigenvalue weighted by Gasteiger charge is 2.19. The van der Waals surface area contributed by atoms with Crippen molar-refractivity contribution in [1.29, 1.82) is 5.26 Å². The Morgan fingerprint density at radius 3 is 2.68 bits per heavy atom. The number of aromatic carboxylic acids is 1. The predicted molar refractivity (Wildman–Crippen MR) is 109 cm³/mol. The van der Waals surface area contributed by atoms with E-state index in [4.69, 9.17) is 14.5 Å². The topological polar surface area (TPSA) is 143 Å². The van der Waals surface area contributed by atoms with Crippen LogP contribution in [0.5, 0.6) is 5.75 Å². The fraction of sp³-hybridized carbons (Fsp3) is 0.136. The van der Waals surface area contributed by atoms with Crippen LogP contribution in [0.2, 0.25) is 0 Å². The second-order valence-corrected chi connectivity index (χ2v) is 6.38. The van der Waals surface area contributed by atoms with Gasteiger partial charge in [0.1, 0.15) is 12.4 Å². The third-order valence-corrected chi connectivity index (χ3v) is 4.31. The number of para-hydroxylation sites is 1. The number of carbonyl (C=O) groups excluding carboxylic acids is 2. The van der Waals surface area contributed by atoms with Gasteiger partial charge in [-0.2, -0.15) is 5.26 Å². The van der Waals surface area contributed by atoms with E-state index in [1.54, 1.807) is 31.2 Å². The van der Waals surface area contributed by atoms with Crippen molar-refractivity contribution in [2.75, 3.05) is 11.9 Å². The lowest BCUT2D eigenvalue weighted by Crippen LogP contribution is -2.15. The molecule has 0 saturated heterocycles. The van der Waals surface area contributed by atoms with Crippen LogP contribution in [0.25, 0.3) is 11.3 Å². The zero-order valence-electron chi connectivity index (χ0n) is 16.4. The number of anilines is 1. The molecule has 0 aliphatic heterocycles. The average Bonchev–Trinajstić information content (AvgIpc) is 3.28. The van der Waals surface area contributed by atoms with E-state index < -0.39 is 11.9 Å². The molecule has 0 aliphatic carbocycles. The number of nitrogens with zero attached hydrogens (tertiary/aromatic N) is 2. The van der Waals surface area contributed by atoms with Crippen molar-refractivity contribution in [3.63, 3.8) is 0 Å². The first-order valence-electron chi connectivity index (χ1n) is 9.22. The fourth-order valence-electron chi connectivity index (χ4n) is 2.65. The summed E-state index contributed by atoms with van der Waals surface area (Å²) in [5, 5.41) is 24.5. The van der Waals surface area contributed by atoms with E-state index >= 15 is 0 Å². The van der Waals surface area contributed by atoms with Crippen LogP contribution < -0.4 is 10.1 Å². The van der Waals surface area contributed by atoms with Gasteiger partial charge in [-0.15, -0.1) is 0 Å². The Balaban J connectivity index is 1.82. The smallest absolute Gasteiger partial charge is 0.337 e. The second-order valence-electron chi connectivity index (χ2n) is 6.38. The summed E-state index contributed by atoms with van der Waals surface area (Å²) in [7, 11) is 0. The van der Waals surface area contributed by atoms with E-state index in [0.717, 1.165) is 6.07 Å². The lowest BCUT2D eigenvalue weighted by Gasteiger charge is -2.08. The average molecular weight is 419 g/mol. The molecule has 0 atom stereocenters. The van der Waals surface area contributed by atoms with E-state index in [2.05, 4.69) is 10.5 Å². The molecule has 3 rings (SSSR count). The Labute approximate surface area is 176 Å². The predicted octanol–water partition coefficient (Wildman–Crippen LogP) is 3.52. The van der Waals surface area contributed by atoms with Crippen LogP contribution >= 0.6 is 0 Å². The number of ether oxygens (including phenoxy) is 1. The molecule has 2 N–H and O–H groups in total. The first-order valence-corrected chi connectivity index (χ1v) is 9.22. The van der Waals surface area contributed by atoms with Gasteiger partial charge in [-0.05, 0) is 30.3 Å². The summed E-state index contributed by atoms with van der Waals surface area (Å²) in [4.78, 5) is 35.5. The van der Waals surface area contributed by atoms with Gasteiger partial charge in [0.15, 0.2) is 17.2 Å². The maximum absolute atomic E-state index is 12.6. The van der Waals surface area contributed by atoms with Crippen molar-refractivity contribution in [3.8, 4) is 23.1 Å². The molecule has 31 heavy (non-hydrogen) atoms. The van der Waals surface area contributed by atoms with Gasteiger partial charge in [-0.1, -0.05) is 24.2 Å². The largest absolute Gasteiger partial charge is 0.485 e. The number of rotatable bonds is 8. The van der Waals surface area contributed by atoms with Crippen LogP contribution in [-0.4, -0.2) is 34.5 Å². The number of hydrogen-bond acceptors (Lipinski definition) is 7. The van der Waals surface area contributed by atoms with E-state index in [-0.39, 0.29) is 40.7 Å². The third-order valence-electron chi connectivity index (χ3n) is 4.31. The Kier molecular flexibility index (Phi) is 6.42. The molecule has 1 heterocycles. The molecule has 2 aromatic carbocycles. The quantitative estimate of drug-likeness (QED) is 0.564. The molecule has 0 saturated carbocycles.